The quantitative estimate of drug-likeness (QED) is 0.483. The van der Waals surface area contributed by atoms with Gasteiger partial charge in [0.05, 0.1) is 17.2 Å². The predicted molar refractivity (Wildman–Crippen MR) is 68.0 cm³/mol. The third-order valence-electron chi connectivity index (χ3n) is 3.11. The van der Waals surface area contributed by atoms with E-state index in [4.69, 9.17) is 5.84 Å². The second-order valence-corrected chi connectivity index (χ2v) is 4.96. The van der Waals surface area contributed by atoms with Crippen molar-refractivity contribution >= 4 is 11.3 Å². The van der Waals surface area contributed by atoms with Gasteiger partial charge in [-0.2, -0.15) is 0 Å². The first-order chi connectivity index (χ1) is 7.92. The maximum atomic E-state index is 5.66. The lowest BCUT2D eigenvalue weighted by Crippen LogP contribution is -2.30. The number of rotatable bonds is 3. The molecule has 0 fully saturated rings. The topological polar surface area (TPSA) is 50.9 Å². The zero-order valence-electron chi connectivity index (χ0n) is 9.48. The molecular weight excluding hydrogens is 218 g/mol. The van der Waals surface area contributed by atoms with Gasteiger partial charge in [-0.15, -0.1) is 11.3 Å². The van der Waals surface area contributed by atoms with Crippen molar-refractivity contribution in [2.45, 2.75) is 44.6 Å². The van der Waals surface area contributed by atoms with Crippen molar-refractivity contribution < 1.29 is 0 Å². The molecule has 1 aliphatic carbocycles. The number of nitrogens with zero attached hydrogens (tertiary/aromatic N) is 1. The summed E-state index contributed by atoms with van der Waals surface area (Å²) in [4.78, 5) is 4.35. The van der Waals surface area contributed by atoms with Crippen LogP contribution in [0, 0.1) is 0 Å². The first-order valence-corrected chi connectivity index (χ1v) is 6.89. The Balaban J connectivity index is 2.12. The van der Waals surface area contributed by atoms with Gasteiger partial charge in [0, 0.05) is 5.38 Å². The van der Waals surface area contributed by atoms with Crippen molar-refractivity contribution in [3.05, 3.63) is 28.2 Å². The van der Waals surface area contributed by atoms with Gasteiger partial charge in [0.15, 0.2) is 0 Å². The fraction of sp³-hybridized carbons (Fsp3) is 0.583. The largest absolute Gasteiger partial charge is 0.271 e. The monoisotopic (exact) mass is 237 g/mol. The highest BCUT2D eigenvalue weighted by Gasteiger charge is 2.17. The molecule has 0 saturated heterocycles. The Kier molecular flexibility index (Phi) is 4.51. The van der Waals surface area contributed by atoms with Crippen LogP contribution in [0.3, 0.4) is 0 Å². The van der Waals surface area contributed by atoms with Gasteiger partial charge < -0.3 is 0 Å². The molecular formula is C12H19N3S. The Morgan fingerprint density at radius 1 is 1.31 bits per heavy atom. The minimum atomic E-state index is 0.115. The number of hydrogen-bond acceptors (Lipinski definition) is 4. The second-order valence-electron chi connectivity index (χ2n) is 4.24. The molecule has 0 radical (unpaired) electrons. The van der Waals surface area contributed by atoms with E-state index in [-0.39, 0.29) is 6.04 Å². The molecule has 1 aromatic rings. The molecule has 88 valence electrons. The summed E-state index contributed by atoms with van der Waals surface area (Å²) >= 11 is 1.62. The van der Waals surface area contributed by atoms with Crippen LogP contribution in [0.5, 0.6) is 0 Å². The number of aromatic nitrogens is 1. The Morgan fingerprint density at radius 2 is 2.19 bits per heavy atom. The van der Waals surface area contributed by atoms with E-state index in [1.165, 1.54) is 37.7 Å². The van der Waals surface area contributed by atoms with E-state index in [1.54, 1.807) is 11.3 Å². The highest BCUT2D eigenvalue weighted by molar-refractivity contribution is 7.07. The molecule has 1 heterocycles. The van der Waals surface area contributed by atoms with Gasteiger partial charge in [-0.3, -0.25) is 5.84 Å². The van der Waals surface area contributed by atoms with Crippen LogP contribution in [0.1, 0.15) is 50.3 Å². The van der Waals surface area contributed by atoms with Gasteiger partial charge in [-0.25, -0.2) is 10.4 Å². The number of hydrogen-bond donors (Lipinski definition) is 2. The normalized spacial score (nSPS) is 19.7. The van der Waals surface area contributed by atoms with Crippen molar-refractivity contribution in [2.75, 3.05) is 0 Å². The van der Waals surface area contributed by atoms with E-state index >= 15 is 0 Å². The number of nitrogens with two attached hydrogens (primary N) is 1. The predicted octanol–water partition coefficient (Wildman–Crippen LogP) is 2.93. The van der Waals surface area contributed by atoms with Crippen LogP contribution < -0.4 is 11.3 Å². The minimum absolute atomic E-state index is 0.115. The van der Waals surface area contributed by atoms with Crippen LogP contribution in [-0.2, 0) is 0 Å². The smallest absolute Gasteiger partial charge is 0.0850 e. The van der Waals surface area contributed by atoms with E-state index in [0.29, 0.717) is 0 Å². The van der Waals surface area contributed by atoms with Crippen molar-refractivity contribution in [3.8, 4) is 0 Å². The van der Waals surface area contributed by atoms with Gasteiger partial charge in [0.25, 0.3) is 0 Å². The molecule has 1 atom stereocenters. The maximum absolute atomic E-state index is 5.66. The Labute approximate surface area is 101 Å². The highest BCUT2D eigenvalue weighted by Crippen LogP contribution is 2.27. The van der Waals surface area contributed by atoms with Crippen LogP contribution in [0.15, 0.2) is 22.5 Å². The molecule has 16 heavy (non-hydrogen) atoms. The molecule has 0 aromatic carbocycles. The summed E-state index contributed by atoms with van der Waals surface area (Å²) in [5, 5.41) is 2.07. The van der Waals surface area contributed by atoms with E-state index in [2.05, 4.69) is 21.9 Å². The summed E-state index contributed by atoms with van der Waals surface area (Å²) in [6, 6.07) is 0.115. The first kappa shape index (κ1) is 11.8. The lowest BCUT2D eigenvalue weighted by molar-refractivity contribution is 0.549. The summed E-state index contributed by atoms with van der Waals surface area (Å²) < 4.78 is 0. The third-order valence-corrected chi connectivity index (χ3v) is 3.72. The molecule has 3 nitrogen and oxygen atoms in total. The van der Waals surface area contributed by atoms with Gasteiger partial charge in [0.1, 0.15) is 0 Å². The lowest BCUT2D eigenvalue weighted by atomic mass is 9.94. The fourth-order valence-electron chi connectivity index (χ4n) is 2.23. The van der Waals surface area contributed by atoms with Gasteiger partial charge in [0.2, 0.25) is 0 Å². The van der Waals surface area contributed by atoms with Crippen molar-refractivity contribution in [1.29, 1.82) is 0 Å². The summed E-state index contributed by atoms with van der Waals surface area (Å²) in [7, 11) is 0. The Hall–Kier alpha value is -0.710. The van der Waals surface area contributed by atoms with Crippen LogP contribution >= 0.6 is 11.3 Å². The first-order valence-electron chi connectivity index (χ1n) is 5.95. The maximum Gasteiger partial charge on any atom is 0.0850 e. The molecule has 1 unspecified atom stereocenters. The van der Waals surface area contributed by atoms with E-state index in [1.807, 2.05) is 5.51 Å². The molecule has 0 spiro atoms. The van der Waals surface area contributed by atoms with E-state index < -0.39 is 0 Å². The Bertz CT molecular complexity index is 332. The average molecular weight is 237 g/mol. The lowest BCUT2D eigenvalue weighted by Gasteiger charge is -2.19. The second kappa shape index (κ2) is 6.13. The zero-order chi connectivity index (χ0) is 11.2. The van der Waals surface area contributed by atoms with Crippen LogP contribution in [0.2, 0.25) is 0 Å². The van der Waals surface area contributed by atoms with E-state index in [9.17, 15) is 0 Å². The average Bonchev–Trinajstić information content (AvgIpc) is 2.75. The van der Waals surface area contributed by atoms with E-state index in [0.717, 1.165) is 12.1 Å². The van der Waals surface area contributed by atoms with Crippen LogP contribution in [0.4, 0.5) is 0 Å². The molecule has 4 heteroatoms. The number of allylic oxidation sites excluding steroid dienone is 1. The minimum Gasteiger partial charge on any atom is -0.271 e. The van der Waals surface area contributed by atoms with Gasteiger partial charge in [-0.05, 0) is 25.7 Å². The third kappa shape index (κ3) is 2.90. The molecule has 0 bridgehead atoms. The highest BCUT2D eigenvalue weighted by atomic mass is 32.1. The van der Waals surface area contributed by atoms with Crippen LogP contribution in [-0.4, -0.2) is 4.98 Å². The molecule has 3 N–H and O–H groups in total. The van der Waals surface area contributed by atoms with Gasteiger partial charge in [-0.1, -0.05) is 24.5 Å². The summed E-state index contributed by atoms with van der Waals surface area (Å²) in [6.07, 6.45) is 9.95. The summed E-state index contributed by atoms with van der Waals surface area (Å²) in [6.45, 7) is 0. The number of nitrogens with one attached hydrogen (secondary N) is 1. The van der Waals surface area contributed by atoms with Crippen molar-refractivity contribution in [3.63, 3.8) is 0 Å². The zero-order valence-corrected chi connectivity index (χ0v) is 10.3. The van der Waals surface area contributed by atoms with Crippen molar-refractivity contribution in [1.82, 2.24) is 10.4 Å². The summed E-state index contributed by atoms with van der Waals surface area (Å²) in [5.74, 6) is 5.66. The molecule has 1 aromatic heterocycles. The van der Waals surface area contributed by atoms with Crippen molar-refractivity contribution in [2.24, 2.45) is 5.84 Å². The molecule has 0 amide bonds. The van der Waals surface area contributed by atoms with Crippen LogP contribution in [0.25, 0.3) is 0 Å². The molecule has 1 aliphatic rings. The molecule has 0 saturated carbocycles. The molecule has 2 rings (SSSR count). The Morgan fingerprint density at radius 3 is 2.94 bits per heavy atom. The number of hydrazine groups is 1. The van der Waals surface area contributed by atoms with Gasteiger partial charge >= 0.3 is 0 Å². The SMILES string of the molecule is NNC(C1=CCCCCCC1)c1cscn1. The molecule has 0 aliphatic heterocycles. The standard InChI is InChI=1S/C12H19N3S/c13-15-12(11-8-16-9-14-11)10-6-4-2-1-3-5-7-10/h6,8-9,12,15H,1-5,7,13H2. The summed E-state index contributed by atoms with van der Waals surface area (Å²) in [5.41, 5.74) is 7.23. The number of thiazole rings is 1. The fourth-order valence-corrected chi connectivity index (χ4v) is 2.81.